The molecule has 1 saturated carbocycles. The van der Waals surface area contributed by atoms with Crippen LogP contribution in [0, 0.1) is 0 Å². The fourth-order valence-corrected chi connectivity index (χ4v) is 3.90. The summed E-state index contributed by atoms with van der Waals surface area (Å²) in [5.41, 5.74) is 0.600. The lowest BCUT2D eigenvalue weighted by Gasteiger charge is -2.24. The van der Waals surface area contributed by atoms with Gasteiger partial charge in [-0.1, -0.05) is 31.0 Å². The first-order chi connectivity index (χ1) is 13.4. The van der Waals surface area contributed by atoms with E-state index in [9.17, 15) is 13.6 Å². The molecule has 1 atom stereocenters. The molecule has 0 radical (unpaired) electrons. The fourth-order valence-electron chi connectivity index (χ4n) is 3.12. The number of nitrogens with zero attached hydrogens (tertiary/aromatic N) is 3. The van der Waals surface area contributed by atoms with Gasteiger partial charge in [0, 0.05) is 11.6 Å². The predicted octanol–water partition coefficient (Wildman–Crippen LogP) is 3.19. The molecule has 1 aliphatic carbocycles. The minimum Gasteiger partial charge on any atom is -0.435 e. The second kappa shape index (κ2) is 9.22. The van der Waals surface area contributed by atoms with Crippen molar-refractivity contribution in [1.29, 1.82) is 0 Å². The third-order valence-electron chi connectivity index (χ3n) is 4.61. The van der Waals surface area contributed by atoms with E-state index in [1.807, 2.05) is 0 Å². The first-order valence-electron chi connectivity index (χ1n) is 9.17. The summed E-state index contributed by atoms with van der Waals surface area (Å²) in [4.78, 5) is 12.4. The number of benzene rings is 1. The van der Waals surface area contributed by atoms with Crippen molar-refractivity contribution in [1.82, 2.24) is 20.2 Å². The van der Waals surface area contributed by atoms with Crippen LogP contribution in [0.5, 0.6) is 5.75 Å². The third-order valence-corrected chi connectivity index (χ3v) is 5.66. The maximum absolute atomic E-state index is 12.4. The molecular formula is C18H23F2N5O2S. The molecule has 1 amide bonds. The maximum atomic E-state index is 12.4. The number of nitrogen functional groups attached to an aromatic ring is 1. The van der Waals surface area contributed by atoms with Gasteiger partial charge in [0.25, 0.3) is 0 Å². The van der Waals surface area contributed by atoms with Gasteiger partial charge in [0.2, 0.25) is 11.1 Å². The molecule has 3 N–H and O–H groups in total. The Kier molecular flexibility index (Phi) is 6.71. The molecule has 1 aromatic carbocycles. The van der Waals surface area contributed by atoms with Crippen molar-refractivity contribution >= 4 is 17.7 Å². The highest BCUT2D eigenvalue weighted by Crippen LogP contribution is 2.27. The summed E-state index contributed by atoms with van der Waals surface area (Å²) in [6, 6.07) is 6.19. The number of thioether (sulfide) groups is 1. The molecule has 2 aromatic rings. The molecule has 1 heterocycles. The molecule has 28 heavy (non-hydrogen) atoms. The Bertz CT molecular complexity index is 794. The van der Waals surface area contributed by atoms with E-state index in [1.165, 1.54) is 35.0 Å². The van der Waals surface area contributed by atoms with Gasteiger partial charge in [-0.2, -0.15) is 8.78 Å². The number of alkyl halides is 2. The number of rotatable bonds is 7. The van der Waals surface area contributed by atoms with Gasteiger partial charge < -0.3 is 15.9 Å². The summed E-state index contributed by atoms with van der Waals surface area (Å²) < 4.78 is 30.1. The second-order valence-corrected chi connectivity index (χ2v) is 7.99. The molecule has 1 fully saturated rings. The van der Waals surface area contributed by atoms with Crippen LogP contribution < -0.4 is 15.9 Å². The molecule has 1 aliphatic rings. The van der Waals surface area contributed by atoms with Crippen molar-refractivity contribution in [2.75, 3.05) is 5.84 Å². The van der Waals surface area contributed by atoms with E-state index in [4.69, 9.17) is 5.84 Å². The average Bonchev–Trinajstić information content (AvgIpc) is 3.03. The minimum atomic E-state index is -2.88. The van der Waals surface area contributed by atoms with E-state index in [0.717, 1.165) is 25.7 Å². The Morgan fingerprint density at radius 2 is 1.93 bits per heavy atom. The molecular weight excluding hydrogens is 388 g/mol. The summed E-state index contributed by atoms with van der Waals surface area (Å²) in [6.07, 6.45) is 5.56. The number of ether oxygens (including phenoxy) is 1. The summed E-state index contributed by atoms with van der Waals surface area (Å²) in [5.74, 6) is 6.44. The Morgan fingerprint density at radius 3 is 2.57 bits per heavy atom. The molecule has 7 nitrogen and oxygen atoms in total. The van der Waals surface area contributed by atoms with Crippen LogP contribution in [0.3, 0.4) is 0 Å². The lowest BCUT2D eigenvalue weighted by Crippen LogP contribution is -2.40. The highest BCUT2D eigenvalue weighted by molar-refractivity contribution is 8.00. The van der Waals surface area contributed by atoms with Crippen LogP contribution in [0.25, 0.3) is 11.4 Å². The van der Waals surface area contributed by atoms with Gasteiger partial charge >= 0.3 is 6.61 Å². The summed E-state index contributed by atoms with van der Waals surface area (Å²) in [6.45, 7) is -1.08. The number of nitrogens with one attached hydrogen (secondary N) is 1. The standard InChI is InChI=1S/C18H23F2N5O2S/c1-11(16(26)22-13-5-3-2-4-6-13)28-18-24-23-15(25(18)21)12-7-9-14(10-8-12)27-17(19)20/h7-11,13,17H,2-6,21H2,1H3,(H,22,26). The van der Waals surface area contributed by atoms with Crippen molar-refractivity contribution < 1.29 is 18.3 Å². The zero-order valence-corrected chi connectivity index (χ0v) is 16.3. The van der Waals surface area contributed by atoms with Crippen LogP contribution in [0.1, 0.15) is 39.0 Å². The SMILES string of the molecule is CC(Sc1nnc(-c2ccc(OC(F)F)cc2)n1N)C(=O)NC1CCCCC1. The van der Waals surface area contributed by atoms with Crippen LogP contribution >= 0.6 is 11.8 Å². The smallest absolute Gasteiger partial charge is 0.387 e. The van der Waals surface area contributed by atoms with Crippen molar-refractivity contribution in [3.8, 4) is 17.1 Å². The van der Waals surface area contributed by atoms with Gasteiger partial charge in [-0.3, -0.25) is 4.79 Å². The van der Waals surface area contributed by atoms with Crippen molar-refractivity contribution in [3.05, 3.63) is 24.3 Å². The van der Waals surface area contributed by atoms with E-state index < -0.39 is 6.61 Å². The number of carbonyl (C=O) groups is 1. The first kappa shape index (κ1) is 20.4. The number of halogens is 2. The highest BCUT2D eigenvalue weighted by atomic mass is 32.2. The molecule has 0 bridgehead atoms. The molecule has 0 aliphatic heterocycles. The Balaban J connectivity index is 1.62. The first-order valence-corrected chi connectivity index (χ1v) is 10.0. The van der Waals surface area contributed by atoms with Gasteiger partial charge in [0.15, 0.2) is 5.82 Å². The number of aromatic nitrogens is 3. The zero-order valence-electron chi connectivity index (χ0n) is 15.5. The van der Waals surface area contributed by atoms with Crippen molar-refractivity contribution in [3.63, 3.8) is 0 Å². The number of hydrogen-bond donors (Lipinski definition) is 2. The molecule has 0 saturated heterocycles. The molecule has 1 unspecified atom stereocenters. The van der Waals surface area contributed by atoms with E-state index in [1.54, 1.807) is 19.1 Å². The van der Waals surface area contributed by atoms with Gasteiger partial charge in [0.05, 0.1) is 5.25 Å². The average molecular weight is 411 g/mol. The quantitative estimate of drug-likeness (QED) is 0.537. The summed E-state index contributed by atoms with van der Waals surface area (Å²) in [7, 11) is 0. The van der Waals surface area contributed by atoms with Gasteiger partial charge in [-0.25, -0.2) is 4.68 Å². The van der Waals surface area contributed by atoms with Gasteiger partial charge in [-0.15, -0.1) is 10.2 Å². The number of amides is 1. The third kappa shape index (κ3) is 5.12. The summed E-state index contributed by atoms with van der Waals surface area (Å²) in [5, 5.41) is 11.2. The lowest BCUT2D eigenvalue weighted by molar-refractivity contribution is -0.121. The Morgan fingerprint density at radius 1 is 1.25 bits per heavy atom. The number of nitrogens with two attached hydrogens (primary N) is 1. The zero-order chi connectivity index (χ0) is 20.1. The van der Waals surface area contributed by atoms with E-state index in [-0.39, 0.29) is 22.9 Å². The molecule has 3 rings (SSSR count). The number of carbonyl (C=O) groups excluding carboxylic acids is 1. The predicted molar refractivity (Wildman–Crippen MR) is 103 cm³/mol. The van der Waals surface area contributed by atoms with Crippen LogP contribution in [0.2, 0.25) is 0 Å². The van der Waals surface area contributed by atoms with Crippen LogP contribution in [0.15, 0.2) is 29.4 Å². The Hall–Kier alpha value is -2.36. The van der Waals surface area contributed by atoms with E-state index in [0.29, 0.717) is 16.5 Å². The molecule has 152 valence electrons. The van der Waals surface area contributed by atoms with Crippen molar-refractivity contribution in [2.45, 2.75) is 62.1 Å². The number of hydrogen-bond acceptors (Lipinski definition) is 6. The topological polar surface area (TPSA) is 95.1 Å². The fraction of sp³-hybridized carbons (Fsp3) is 0.500. The Labute approximate surface area is 166 Å². The van der Waals surface area contributed by atoms with Crippen LogP contribution in [-0.2, 0) is 4.79 Å². The van der Waals surface area contributed by atoms with Crippen molar-refractivity contribution in [2.24, 2.45) is 0 Å². The van der Waals surface area contributed by atoms with Gasteiger partial charge in [0.1, 0.15) is 5.75 Å². The second-order valence-electron chi connectivity index (χ2n) is 6.68. The monoisotopic (exact) mass is 411 g/mol. The molecule has 10 heteroatoms. The molecule has 0 spiro atoms. The van der Waals surface area contributed by atoms with Crippen LogP contribution in [0.4, 0.5) is 8.78 Å². The molecule has 1 aromatic heterocycles. The summed E-state index contributed by atoms with van der Waals surface area (Å²) >= 11 is 1.22. The van der Waals surface area contributed by atoms with Gasteiger partial charge in [-0.05, 0) is 44.0 Å². The largest absolute Gasteiger partial charge is 0.435 e. The van der Waals surface area contributed by atoms with E-state index in [2.05, 4.69) is 20.3 Å². The maximum Gasteiger partial charge on any atom is 0.387 e. The van der Waals surface area contributed by atoms with E-state index >= 15 is 0 Å². The normalized spacial score (nSPS) is 16.1. The van der Waals surface area contributed by atoms with Crippen LogP contribution in [-0.4, -0.2) is 38.7 Å². The highest BCUT2D eigenvalue weighted by Gasteiger charge is 2.23. The minimum absolute atomic E-state index is 0.0458. The lowest BCUT2D eigenvalue weighted by atomic mass is 9.95.